The minimum Gasteiger partial charge on any atom is -1.00 e. The minimum atomic E-state index is -0.780. The predicted octanol–water partition coefficient (Wildman–Crippen LogP) is 0.323. The van der Waals surface area contributed by atoms with Crippen LogP contribution in [-0.4, -0.2) is 67.3 Å². The number of halogens is 4. The Bertz CT molecular complexity index is 2020. The zero-order valence-electron chi connectivity index (χ0n) is 34.9. The number of nitrogens with one attached hydrogen (secondary N) is 3. The molecule has 4 aromatic rings. The van der Waals surface area contributed by atoms with Gasteiger partial charge < -0.3 is 38.0 Å². The van der Waals surface area contributed by atoms with Gasteiger partial charge in [-0.15, -0.1) is 12.4 Å². The molecule has 2 unspecified atom stereocenters. The van der Waals surface area contributed by atoms with E-state index in [2.05, 4.69) is 46.7 Å². The van der Waals surface area contributed by atoms with Crippen molar-refractivity contribution in [3.63, 3.8) is 0 Å². The van der Waals surface area contributed by atoms with Crippen LogP contribution < -0.4 is 53.0 Å². The van der Waals surface area contributed by atoms with Crippen molar-refractivity contribution < 1.29 is 65.0 Å². The summed E-state index contributed by atoms with van der Waals surface area (Å²) in [6.07, 6.45) is 1.93. The number of methoxy groups -OCH3 is 2. The zero-order chi connectivity index (χ0) is 41.9. The van der Waals surface area contributed by atoms with Gasteiger partial charge in [-0.25, -0.2) is 4.79 Å². The summed E-state index contributed by atoms with van der Waals surface area (Å²) in [4.78, 5) is 47.2. The van der Waals surface area contributed by atoms with Gasteiger partial charge in [0.25, 0.3) is 0 Å². The first-order valence-electron chi connectivity index (χ1n) is 18.6. The fourth-order valence-electron chi connectivity index (χ4n) is 7.07. The molecule has 2 aliphatic heterocycles. The number of ether oxygens (including phenoxy) is 2. The van der Waals surface area contributed by atoms with Crippen LogP contribution in [0.2, 0.25) is 10.0 Å². The maximum absolute atomic E-state index is 13.0. The monoisotopic (exact) mass is 896 g/mol. The van der Waals surface area contributed by atoms with Crippen LogP contribution in [0, 0.1) is 0 Å². The van der Waals surface area contributed by atoms with Gasteiger partial charge in [-0.1, -0.05) is 96.0 Å². The van der Waals surface area contributed by atoms with Crippen LogP contribution in [0.25, 0.3) is 0 Å². The molecule has 6 N–H and O–H groups in total. The Morgan fingerprint density at radius 1 is 0.717 bits per heavy atom. The molecule has 16 heteroatoms. The van der Waals surface area contributed by atoms with Crippen LogP contribution in [0.3, 0.4) is 0 Å². The predicted molar refractivity (Wildman–Crippen MR) is 229 cm³/mol. The number of carboxylic acids is 1. The first kappa shape index (κ1) is 54.4. The first-order valence-corrected chi connectivity index (χ1v) is 19.3. The maximum Gasteiger partial charge on any atom is 1.00 e. The molecule has 0 radical (unpaired) electrons. The molecule has 4 aromatic carbocycles. The number of hydrogen-bond donors (Lipinski definition) is 5. The number of rotatable bonds is 9. The van der Waals surface area contributed by atoms with E-state index in [0.29, 0.717) is 35.7 Å². The van der Waals surface area contributed by atoms with E-state index in [0.717, 1.165) is 22.3 Å². The van der Waals surface area contributed by atoms with Gasteiger partial charge in [0.1, 0.15) is 18.1 Å². The summed E-state index contributed by atoms with van der Waals surface area (Å²) in [5.74, 6) is -1.87. The van der Waals surface area contributed by atoms with E-state index < -0.39 is 42.1 Å². The van der Waals surface area contributed by atoms with E-state index in [1.54, 1.807) is 24.3 Å². The standard InChI is InChI=1S/C22H25ClN2O3.C12H15NO2.C10H12ClNO2.2ClH.Li/c1-22(2)17-7-5-4-6-15(17)13-18(25-22)20(26)24-19(21(27)28-3)12-14-8-10-16(23)11-9-14;1-12(2)9-6-4-3-5-8(9)7-10(13-12)11(14)15;1-14-10(13)9(12)6-7-2-4-8(11)5-3-7;;;/h4-11,18-19,25H,12-13H2,1-3H3,(H,24,26);3-6,10,13H,7H2,1-2H3,(H,14,15);2-5,9H,6,12H2,1H3;2*1H;/q;;;;;+1/p-1/t18?,19-;;9-;;;/m1.1.../s1. The van der Waals surface area contributed by atoms with Gasteiger partial charge in [-0.05, 0) is 105 Å². The molecule has 0 saturated heterocycles. The van der Waals surface area contributed by atoms with E-state index >= 15 is 0 Å². The number of fused-ring (bicyclic) bond motifs is 2. The second kappa shape index (κ2) is 24.7. The Balaban J connectivity index is 0.000000479. The molecule has 11 nitrogen and oxygen atoms in total. The fourth-order valence-corrected chi connectivity index (χ4v) is 7.32. The number of benzene rings is 4. The molecule has 1 amide bonds. The van der Waals surface area contributed by atoms with E-state index in [1.807, 2.05) is 74.5 Å². The Morgan fingerprint density at radius 3 is 1.55 bits per heavy atom. The second-order valence-electron chi connectivity index (χ2n) is 15.1. The molecule has 0 spiro atoms. The van der Waals surface area contributed by atoms with Crippen molar-refractivity contribution in [3.05, 3.63) is 140 Å². The average Bonchev–Trinajstić information content (AvgIpc) is 3.18. The Labute approximate surface area is 387 Å². The van der Waals surface area contributed by atoms with Crippen LogP contribution in [-0.2, 0) is 65.4 Å². The van der Waals surface area contributed by atoms with Crippen molar-refractivity contribution in [2.45, 2.75) is 88.6 Å². The van der Waals surface area contributed by atoms with Gasteiger partial charge in [0.15, 0.2) is 0 Å². The van der Waals surface area contributed by atoms with Crippen molar-refractivity contribution in [3.8, 4) is 0 Å². The summed E-state index contributed by atoms with van der Waals surface area (Å²) in [7, 11) is 2.64. The number of amides is 1. The molecule has 2 heterocycles. The average molecular weight is 899 g/mol. The molecular weight excluding hydrogens is 845 g/mol. The smallest absolute Gasteiger partial charge is 1.00 e. The van der Waals surface area contributed by atoms with Crippen LogP contribution in [0.4, 0.5) is 0 Å². The zero-order valence-corrected chi connectivity index (χ0v) is 38.0. The van der Waals surface area contributed by atoms with Gasteiger partial charge in [-0.2, -0.15) is 0 Å². The third-order valence-electron chi connectivity index (χ3n) is 9.94. The maximum atomic E-state index is 13.0. The molecule has 0 bridgehead atoms. The number of carbonyl (C=O) groups excluding carboxylic acids is 3. The topological polar surface area (TPSA) is 169 Å². The van der Waals surface area contributed by atoms with Crippen molar-refractivity contribution >= 4 is 59.4 Å². The van der Waals surface area contributed by atoms with E-state index in [-0.39, 0.29) is 60.7 Å². The number of carbonyl (C=O) groups is 4. The second-order valence-corrected chi connectivity index (χ2v) is 16.0. The number of carboxylic acid groups (broad SMARTS) is 1. The van der Waals surface area contributed by atoms with Gasteiger partial charge in [-0.3, -0.25) is 25.0 Å². The van der Waals surface area contributed by atoms with Crippen molar-refractivity contribution in [2.75, 3.05) is 14.2 Å². The first-order chi connectivity index (χ1) is 26.9. The summed E-state index contributed by atoms with van der Waals surface area (Å²) in [5.41, 5.74) is 11.5. The Morgan fingerprint density at radius 2 is 1.12 bits per heavy atom. The fraction of sp³-hybridized carbons (Fsp3) is 0.364. The van der Waals surface area contributed by atoms with Crippen LogP contribution >= 0.6 is 35.6 Å². The van der Waals surface area contributed by atoms with E-state index in [9.17, 15) is 19.2 Å². The van der Waals surface area contributed by atoms with Gasteiger partial charge >= 0.3 is 36.8 Å². The Hall–Kier alpha value is -3.60. The molecular formula is C44H53Cl4LiN4O7. The molecule has 0 aromatic heterocycles. The molecule has 4 atom stereocenters. The molecule has 0 fully saturated rings. The van der Waals surface area contributed by atoms with Crippen LogP contribution in [0.15, 0.2) is 97.1 Å². The van der Waals surface area contributed by atoms with Gasteiger partial charge in [0, 0.05) is 27.5 Å². The summed E-state index contributed by atoms with van der Waals surface area (Å²) >= 11 is 11.6. The Kier molecular flexibility index (Phi) is 22.4. The molecule has 6 rings (SSSR count). The summed E-state index contributed by atoms with van der Waals surface area (Å²) in [5, 5.41) is 19.7. The normalized spacial score (nSPS) is 17.4. The minimum absolute atomic E-state index is 0. The summed E-state index contributed by atoms with van der Waals surface area (Å²) in [6, 6.07) is 28.2. The molecule has 2 aliphatic rings. The SMILES string of the molecule is CC1(C)NC(C(=O)O)Cc2ccccc21.COC(=O)[C@@H](Cc1ccc(Cl)cc1)NC(=O)C1Cc2ccccc2C(C)(C)N1.COC(=O)[C@H](N)Cc1ccc(Cl)cc1.Cl.[Cl-].[Li+]. The number of esters is 2. The third-order valence-corrected chi connectivity index (χ3v) is 10.4. The number of aliphatic carboxylic acids is 1. The van der Waals surface area contributed by atoms with Crippen molar-refractivity contribution in [2.24, 2.45) is 5.73 Å². The van der Waals surface area contributed by atoms with Gasteiger partial charge in [0.05, 0.1) is 20.3 Å². The molecule has 60 heavy (non-hydrogen) atoms. The van der Waals surface area contributed by atoms with Crippen LogP contribution in [0.5, 0.6) is 0 Å². The van der Waals surface area contributed by atoms with E-state index in [1.165, 1.54) is 25.3 Å². The van der Waals surface area contributed by atoms with Crippen molar-refractivity contribution in [1.82, 2.24) is 16.0 Å². The van der Waals surface area contributed by atoms with Gasteiger partial charge in [0.2, 0.25) is 5.91 Å². The third kappa shape index (κ3) is 15.4. The number of hydrogen-bond acceptors (Lipinski definition) is 9. The molecule has 0 saturated carbocycles. The summed E-state index contributed by atoms with van der Waals surface area (Å²) in [6.45, 7) is 8.13. The van der Waals surface area contributed by atoms with E-state index in [4.69, 9.17) is 38.8 Å². The number of nitrogens with two attached hydrogens (primary N) is 1. The molecule has 320 valence electrons. The van der Waals surface area contributed by atoms with Crippen LogP contribution in [0.1, 0.15) is 61.1 Å². The molecule has 0 aliphatic carbocycles. The van der Waals surface area contributed by atoms with Crippen molar-refractivity contribution in [1.29, 1.82) is 0 Å². The quantitative estimate of drug-likeness (QED) is 0.117. The summed E-state index contributed by atoms with van der Waals surface area (Å²) < 4.78 is 9.41. The largest absolute Gasteiger partial charge is 1.00 e.